The van der Waals surface area contributed by atoms with Crippen molar-refractivity contribution in [1.29, 1.82) is 0 Å². The number of allylic oxidation sites excluding steroid dienone is 1. The molecular formula is C21H21NO4. The van der Waals surface area contributed by atoms with Gasteiger partial charge in [-0.15, -0.1) is 0 Å². The summed E-state index contributed by atoms with van der Waals surface area (Å²) >= 11 is 0. The first kappa shape index (κ1) is 16.7. The first-order chi connectivity index (χ1) is 12.4. The van der Waals surface area contributed by atoms with Crippen molar-refractivity contribution in [2.24, 2.45) is 0 Å². The standard InChI is InChI=1S/C21H21NO4/c1-12-10-21(2,3)22-15-9-8-13-14-6-5-7-16(25-11-24-4)19(14)26-20(23)18(13)17(12)15/h5-10,22H,11H2,1-4H3. The highest BCUT2D eigenvalue weighted by Crippen LogP contribution is 2.40. The summed E-state index contributed by atoms with van der Waals surface area (Å²) in [5, 5.41) is 5.76. The molecule has 0 saturated heterocycles. The molecule has 2 heterocycles. The lowest BCUT2D eigenvalue weighted by Gasteiger charge is -2.32. The van der Waals surface area contributed by atoms with Gasteiger partial charge in [-0.05, 0) is 38.5 Å². The molecule has 1 aromatic heterocycles. The minimum Gasteiger partial charge on any atom is -0.464 e. The number of methoxy groups -OCH3 is 1. The van der Waals surface area contributed by atoms with Crippen molar-refractivity contribution in [1.82, 2.24) is 0 Å². The number of hydrogen-bond acceptors (Lipinski definition) is 5. The van der Waals surface area contributed by atoms with Crippen molar-refractivity contribution in [3.63, 3.8) is 0 Å². The second-order valence-electron chi connectivity index (χ2n) is 7.16. The second-order valence-corrected chi connectivity index (χ2v) is 7.16. The molecule has 134 valence electrons. The molecule has 0 aliphatic carbocycles. The van der Waals surface area contributed by atoms with Gasteiger partial charge in [0.2, 0.25) is 0 Å². The number of fused-ring (bicyclic) bond motifs is 5. The molecule has 26 heavy (non-hydrogen) atoms. The Bertz CT molecular complexity index is 1110. The third-order valence-corrected chi connectivity index (χ3v) is 4.63. The average Bonchev–Trinajstić information content (AvgIpc) is 2.58. The van der Waals surface area contributed by atoms with Gasteiger partial charge in [-0.1, -0.05) is 24.3 Å². The summed E-state index contributed by atoms with van der Waals surface area (Å²) in [6.07, 6.45) is 2.14. The summed E-state index contributed by atoms with van der Waals surface area (Å²) in [6, 6.07) is 9.58. The predicted octanol–water partition coefficient (Wildman–Crippen LogP) is 4.54. The van der Waals surface area contributed by atoms with E-state index in [4.69, 9.17) is 13.9 Å². The molecule has 0 saturated carbocycles. The molecule has 1 aliphatic rings. The van der Waals surface area contributed by atoms with Crippen molar-refractivity contribution in [3.05, 3.63) is 52.4 Å². The maximum atomic E-state index is 12.9. The largest absolute Gasteiger partial charge is 0.464 e. The summed E-state index contributed by atoms with van der Waals surface area (Å²) < 4.78 is 16.2. The quantitative estimate of drug-likeness (QED) is 0.426. The van der Waals surface area contributed by atoms with Crippen molar-refractivity contribution < 1.29 is 13.9 Å². The molecule has 1 N–H and O–H groups in total. The SMILES string of the molecule is COCOc1cccc2c1oc(=O)c1c3c(ccc12)NC(C)(C)C=C3C. The lowest BCUT2D eigenvalue weighted by atomic mass is 9.88. The van der Waals surface area contributed by atoms with Crippen LogP contribution >= 0.6 is 0 Å². The summed E-state index contributed by atoms with van der Waals surface area (Å²) in [5.41, 5.74) is 2.82. The van der Waals surface area contributed by atoms with E-state index in [-0.39, 0.29) is 18.0 Å². The van der Waals surface area contributed by atoms with E-state index in [2.05, 4.69) is 25.2 Å². The number of para-hydroxylation sites is 1. The topological polar surface area (TPSA) is 60.7 Å². The van der Waals surface area contributed by atoms with Gasteiger partial charge in [0.15, 0.2) is 18.1 Å². The Morgan fingerprint density at radius 3 is 2.73 bits per heavy atom. The number of hydrogen-bond donors (Lipinski definition) is 1. The van der Waals surface area contributed by atoms with Crippen molar-refractivity contribution in [2.45, 2.75) is 26.3 Å². The van der Waals surface area contributed by atoms with Gasteiger partial charge in [0.05, 0.1) is 10.9 Å². The van der Waals surface area contributed by atoms with E-state index in [1.807, 2.05) is 31.2 Å². The third kappa shape index (κ3) is 2.56. The van der Waals surface area contributed by atoms with Crippen LogP contribution in [-0.2, 0) is 4.74 Å². The molecule has 4 rings (SSSR count). The molecule has 1 aliphatic heterocycles. The van der Waals surface area contributed by atoms with E-state index in [1.165, 1.54) is 0 Å². The van der Waals surface area contributed by atoms with Gasteiger partial charge in [-0.3, -0.25) is 0 Å². The van der Waals surface area contributed by atoms with Crippen LogP contribution in [0.3, 0.4) is 0 Å². The van der Waals surface area contributed by atoms with E-state index in [1.54, 1.807) is 13.2 Å². The van der Waals surface area contributed by atoms with E-state index in [0.717, 1.165) is 27.6 Å². The molecule has 0 atom stereocenters. The zero-order chi connectivity index (χ0) is 18.5. The number of ether oxygens (including phenoxy) is 2. The minimum absolute atomic E-state index is 0.0892. The predicted molar refractivity (Wildman–Crippen MR) is 104 cm³/mol. The molecule has 0 amide bonds. The van der Waals surface area contributed by atoms with Gasteiger partial charge in [0, 0.05) is 29.1 Å². The summed E-state index contributed by atoms with van der Waals surface area (Å²) in [7, 11) is 1.55. The Morgan fingerprint density at radius 2 is 1.96 bits per heavy atom. The Morgan fingerprint density at radius 1 is 1.15 bits per heavy atom. The first-order valence-electron chi connectivity index (χ1n) is 8.53. The molecule has 2 aromatic carbocycles. The van der Waals surface area contributed by atoms with Crippen LogP contribution in [0.2, 0.25) is 0 Å². The van der Waals surface area contributed by atoms with Crippen molar-refractivity contribution in [3.8, 4) is 5.75 Å². The maximum Gasteiger partial charge on any atom is 0.345 e. The van der Waals surface area contributed by atoms with Gasteiger partial charge in [0.1, 0.15) is 0 Å². The highest BCUT2D eigenvalue weighted by molar-refractivity contribution is 6.11. The van der Waals surface area contributed by atoms with Gasteiger partial charge in [-0.2, -0.15) is 0 Å². The Kier molecular flexibility index (Phi) is 3.77. The van der Waals surface area contributed by atoms with E-state index >= 15 is 0 Å². The monoisotopic (exact) mass is 351 g/mol. The van der Waals surface area contributed by atoms with Gasteiger partial charge in [-0.25, -0.2) is 4.79 Å². The lowest BCUT2D eigenvalue weighted by Crippen LogP contribution is -2.31. The summed E-state index contributed by atoms with van der Waals surface area (Å²) in [5.74, 6) is 0.493. The maximum absolute atomic E-state index is 12.9. The van der Waals surface area contributed by atoms with E-state index in [9.17, 15) is 4.79 Å². The van der Waals surface area contributed by atoms with E-state index < -0.39 is 0 Å². The molecular weight excluding hydrogens is 330 g/mol. The summed E-state index contributed by atoms with van der Waals surface area (Å²) in [6.45, 7) is 6.33. The zero-order valence-corrected chi connectivity index (χ0v) is 15.3. The number of rotatable bonds is 3. The second kappa shape index (κ2) is 5.88. The van der Waals surface area contributed by atoms with Crippen LogP contribution < -0.4 is 15.7 Å². The fourth-order valence-electron chi connectivity index (χ4n) is 3.76. The fraction of sp³-hybridized carbons (Fsp3) is 0.286. The van der Waals surface area contributed by atoms with Crippen LogP contribution in [0.1, 0.15) is 26.3 Å². The van der Waals surface area contributed by atoms with Crippen molar-refractivity contribution >= 4 is 33.0 Å². The van der Waals surface area contributed by atoms with Gasteiger partial charge in [0.25, 0.3) is 0 Å². The van der Waals surface area contributed by atoms with Gasteiger partial charge < -0.3 is 19.2 Å². The molecule has 0 fully saturated rings. The molecule has 0 radical (unpaired) electrons. The third-order valence-electron chi connectivity index (χ3n) is 4.63. The molecule has 5 nitrogen and oxygen atoms in total. The highest BCUT2D eigenvalue weighted by Gasteiger charge is 2.26. The molecule has 3 aromatic rings. The Labute approximate surface area is 151 Å². The molecule has 0 bridgehead atoms. The smallest absolute Gasteiger partial charge is 0.345 e. The normalized spacial score (nSPS) is 15.5. The van der Waals surface area contributed by atoms with Crippen LogP contribution in [0.25, 0.3) is 27.3 Å². The van der Waals surface area contributed by atoms with Crippen LogP contribution in [0.4, 0.5) is 5.69 Å². The zero-order valence-electron chi connectivity index (χ0n) is 15.3. The van der Waals surface area contributed by atoms with Crippen LogP contribution in [0, 0.1) is 0 Å². The van der Waals surface area contributed by atoms with Crippen LogP contribution in [-0.4, -0.2) is 19.4 Å². The number of anilines is 1. The Hall–Kier alpha value is -2.79. The number of nitrogens with one attached hydrogen (secondary N) is 1. The van der Waals surface area contributed by atoms with Crippen LogP contribution in [0.15, 0.2) is 45.6 Å². The number of benzene rings is 2. The lowest BCUT2D eigenvalue weighted by molar-refractivity contribution is 0.0514. The Balaban J connectivity index is 2.06. The molecule has 0 spiro atoms. The minimum atomic E-state index is -0.368. The fourth-order valence-corrected chi connectivity index (χ4v) is 3.76. The highest BCUT2D eigenvalue weighted by atomic mass is 16.7. The van der Waals surface area contributed by atoms with Gasteiger partial charge >= 0.3 is 5.63 Å². The average molecular weight is 351 g/mol. The molecule has 0 unspecified atom stereocenters. The van der Waals surface area contributed by atoms with E-state index in [0.29, 0.717) is 16.7 Å². The summed E-state index contributed by atoms with van der Waals surface area (Å²) in [4.78, 5) is 12.9. The van der Waals surface area contributed by atoms with Crippen LogP contribution in [0.5, 0.6) is 5.75 Å². The van der Waals surface area contributed by atoms with Crippen molar-refractivity contribution in [2.75, 3.05) is 19.2 Å². The molecule has 5 heteroatoms. The first-order valence-corrected chi connectivity index (χ1v) is 8.53.